The summed E-state index contributed by atoms with van der Waals surface area (Å²) >= 11 is 6.45. The van der Waals surface area contributed by atoms with Gasteiger partial charge in [0.25, 0.3) is 0 Å². The number of amides is 1. The number of hydrogen-bond acceptors (Lipinski definition) is 5. The van der Waals surface area contributed by atoms with Gasteiger partial charge in [0.2, 0.25) is 0 Å². The average molecular weight is 461 g/mol. The molecule has 0 unspecified atom stereocenters. The van der Waals surface area contributed by atoms with Crippen LogP contribution in [0.1, 0.15) is 5.82 Å². The van der Waals surface area contributed by atoms with E-state index >= 15 is 4.39 Å². The van der Waals surface area contributed by atoms with Crippen LogP contribution >= 0.6 is 11.6 Å². The van der Waals surface area contributed by atoms with Crippen molar-refractivity contribution in [3.8, 4) is 16.9 Å². The summed E-state index contributed by atoms with van der Waals surface area (Å²) in [6, 6.07) is 5.66. The standard InChI is InChI=1S/C22H19ClF2N4O3/c1-3-16-26-20-12(21(27-16)28-7-9-29(10-8-28)22(30)31)11-13(23)17(19(20)25)18-14(24)5-4-6-15(18)32-2/h3-6,11H,1,7-10H2,2H3,(H,30,31). The lowest BCUT2D eigenvalue weighted by Crippen LogP contribution is -2.48. The minimum Gasteiger partial charge on any atom is -0.496 e. The van der Waals surface area contributed by atoms with Crippen molar-refractivity contribution < 1.29 is 23.4 Å². The highest BCUT2D eigenvalue weighted by atomic mass is 35.5. The molecule has 0 saturated carbocycles. The van der Waals surface area contributed by atoms with Gasteiger partial charge in [-0.05, 0) is 24.3 Å². The van der Waals surface area contributed by atoms with Gasteiger partial charge in [-0.1, -0.05) is 24.2 Å². The number of nitrogens with zero attached hydrogens (tertiary/aromatic N) is 4. The first kappa shape index (κ1) is 21.8. The van der Waals surface area contributed by atoms with Crippen molar-refractivity contribution in [3.05, 3.63) is 53.3 Å². The maximum absolute atomic E-state index is 15.8. The lowest BCUT2D eigenvalue weighted by molar-refractivity contribution is 0.142. The molecule has 1 amide bonds. The van der Waals surface area contributed by atoms with Gasteiger partial charge in [-0.15, -0.1) is 0 Å². The molecule has 2 aromatic carbocycles. The van der Waals surface area contributed by atoms with E-state index in [9.17, 15) is 14.3 Å². The lowest BCUT2D eigenvalue weighted by Gasteiger charge is -2.34. The quantitative estimate of drug-likeness (QED) is 0.609. The Morgan fingerprint density at radius 3 is 2.56 bits per heavy atom. The minimum atomic E-state index is -0.999. The maximum Gasteiger partial charge on any atom is 0.407 e. The summed E-state index contributed by atoms with van der Waals surface area (Å²) in [7, 11) is 1.36. The Hall–Kier alpha value is -3.46. The third kappa shape index (κ3) is 3.69. The Labute approximate surface area is 187 Å². The van der Waals surface area contributed by atoms with Gasteiger partial charge < -0.3 is 19.6 Å². The van der Waals surface area contributed by atoms with Crippen molar-refractivity contribution in [2.45, 2.75) is 0 Å². The average Bonchev–Trinajstić information content (AvgIpc) is 2.79. The van der Waals surface area contributed by atoms with Gasteiger partial charge in [0.15, 0.2) is 11.6 Å². The van der Waals surface area contributed by atoms with E-state index in [1.807, 2.05) is 4.90 Å². The molecule has 0 bridgehead atoms. The SMILES string of the molecule is C=Cc1nc(N2CCN(C(=O)O)CC2)c2cc(Cl)c(-c3c(F)cccc3OC)c(F)c2n1. The Balaban J connectivity index is 1.91. The van der Waals surface area contributed by atoms with E-state index in [1.165, 1.54) is 42.4 Å². The van der Waals surface area contributed by atoms with Gasteiger partial charge in [-0.2, -0.15) is 0 Å². The van der Waals surface area contributed by atoms with Gasteiger partial charge in [0, 0.05) is 37.1 Å². The molecule has 32 heavy (non-hydrogen) atoms. The molecule has 2 heterocycles. The van der Waals surface area contributed by atoms with E-state index in [0.717, 1.165) is 0 Å². The fourth-order valence-corrected chi connectivity index (χ4v) is 4.07. The molecule has 1 aliphatic heterocycles. The molecule has 1 aromatic heterocycles. The first-order chi connectivity index (χ1) is 15.3. The Morgan fingerprint density at radius 1 is 1.22 bits per heavy atom. The van der Waals surface area contributed by atoms with E-state index in [1.54, 1.807) is 0 Å². The molecule has 0 spiro atoms. The molecule has 1 saturated heterocycles. The minimum absolute atomic E-state index is 0.0289. The Morgan fingerprint density at radius 2 is 1.94 bits per heavy atom. The molecular weight excluding hydrogens is 442 g/mol. The second kappa shape index (κ2) is 8.58. The molecule has 0 radical (unpaired) electrons. The van der Waals surface area contributed by atoms with Gasteiger partial charge in [0.05, 0.1) is 17.7 Å². The van der Waals surface area contributed by atoms with Crippen LogP contribution in [0.5, 0.6) is 5.75 Å². The Kier molecular flexibility index (Phi) is 5.84. The number of methoxy groups -OCH3 is 1. The maximum atomic E-state index is 15.8. The van der Waals surface area contributed by atoms with Crippen molar-refractivity contribution in [1.29, 1.82) is 0 Å². The van der Waals surface area contributed by atoms with Crippen molar-refractivity contribution >= 4 is 40.5 Å². The summed E-state index contributed by atoms with van der Waals surface area (Å²) < 4.78 is 35.7. The Bertz CT molecular complexity index is 1230. The fourth-order valence-electron chi connectivity index (χ4n) is 3.78. The zero-order valence-corrected chi connectivity index (χ0v) is 17.9. The number of benzene rings is 2. The highest BCUT2D eigenvalue weighted by Gasteiger charge is 2.27. The van der Waals surface area contributed by atoms with Crippen molar-refractivity contribution in [2.75, 3.05) is 38.2 Å². The molecule has 166 valence electrons. The number of halogens is 3. The monoisotopic (exact) mass is 460 g/mol. The fraction of sp³-hybridized carbons (Fsp3) is 0.227. The van der Waals surface area contributed by atoms with Gasteiger partial charge in [-0.25, -0.2) is 23.5 Å². The van der Waals surface area contributed by atoms with Crippen LogP contribution in [0.4, 0.5) is 19.4 Å². The van der Waals surface area contributed by atoms with Crippen molar-refractivity contribution in [2.24, 2.45) is 0 Å². The predicted octanol–water partition coefficient (Wildman–Crippen LogP) is 4.68. The van der Waals surface area contributed by atoms with E-state index in [-0.39, 0.29) is 46.3 Å². The second-order valence-corrected chi connectivity index (χ2v) is 7.53. The van der Waals surface area contributed by atoms with Crippen LogP contribution in [0, 0.1) is 11.6 Å². The number of rotatable bonds is 4. The first-order valence-electron chi connectivity index (χ1n) is 9.73. The topological polar surface area (TPSA) is 78.8 Å². The molecule has 1 aliphatic rings. The summed E-state index contributed by atoms with van der Waals surface area (Å²) in [5.74, 6) is -0.781. The molecule has 4 rings (SSSR count). The number of anilines is 1. The van der Waals surface area contributed by atoms with Crippen LogP contribution in [0.15, 0.2) is 30.8 Å². The van der Waals surface area contributed by atoms with Crippen LogP contribution < -0.4 is 9.64 Å². The number of aromatic nitrogens is 2. The molecular formula is C22H19ClF2N4O3. The summed E-state index contributed by atoms with van der Waals surface area (Å²) in [5.41, 5.74) is -0.311. The molecule has 1 fully saturated rings. The van der Waals surface area contributed by atoms with E-state index < -0.39 is 17.7 Å². The molecule has 0 atom stereocenters. The molecule has 10 heteroatoms. The number of carboxylic acid groups (broad SMARTS) is 1. The summed E-state index contributed by atoms with van der Waals surface area (Å²) in [6.07, 6.45) is 0.384. The smallest absolute Gasteiger partial charge is 0.407 e. The number of carbonyl (C=O) groups is 1. The largest absolute Gasteiger partial charge is 0.496 e. The van der Waals surface area contributed by atoms with Crippen LogP contribution in [0.3, 0.4) is 0 Å². The number of hydrogen-bond donors (Lipinski definition) is 1. The van der Waals surface area contributed by atoms with E-state index in [0.29, 0.717) is 24.3 Å². The third-order valence-corrected chi connectivity index (χ3v) is 5.66. The van der Waals surface area contributed by atoms with Crippen molar-refractivity contribution in [1.82, 2.24) is 14.9 Å². The molecule has 7 nitrogen and oxygen atoms in total. The number of piperazine rings is 1. The van der Waals surface area contributed by atoms with Crippen LogP contribution in [0.25, 0.3) is 28.1 Å². The second-order valence-electron chi connectivity index (χ2n) is 7.13. The molecule has 1 N–H and O–H groups in total. The van der Waals surface area contributed by atoms with Crippen LogP contribution in [-0.4, -0.2) is 59.4 Å². The summed E-state index contributed by atoms with van der Waals surface area (Å²) in [4.78, 5) is 23.1. The van der Waals surface area contributed by atoms with E-state index in [4.69, 9.17) is 16.3 Å². The highest BCUT2D eigenvalue weighted by Crippen LogP contribution is 2.42. The zero-order valence-electron chi connectivity index (χ0n) is 17.1. The lowest BCUT2D eigenvalue weighted by atomic mass is 10.0. The third-order valence-electron chi connectivity index (χ3n) is 5.36. The summed E-state index contributed by atoms with van der Waals surface area (Å²) in [5, 5.41) is 9.49. The normalized spacial score (nSPS) is 14.0. The number of fused-ring (bicyclic) bond motifs is 1. The van der Waals surface area contributed by atoms with Crippen LogP contribution in [0.2, 0.25) is 5.02 Å². The predicted molar refractivity (Wildman–Crippen MR) is 118 cm³/mol. The van der Waals surface area contributed by atoms with Gasteiger partial charge >= 0.3 is 6.09 Å². The van der Waals surface area contributed by atoms with Gasteiger partial charge in [0.1, 0.15) is 22.9 Å². The molecule has 0 aliphatic carbocycles. The summed E-state index contributed by atoms with van der Waals surface area (Å²) in [6.45, 7) is 4.92. The van der Waals surface area contributed by atoms with Gasteiger partial charge in [-0.3, -0.25) is 0 Å². The van der Waals surface area contributed by atoms with E-state index in [2.05, 4.69) is 16.5 Å². The zero-order chi connectivity index (χ0) is 23.0. The number of ether oxygens (including phenoxy) is 1. The highest BCUT2D eigenvalue weighted by molar-refractivity contribution is 6.34. The van der Waals surface area contributed by atoms with Crippen molar-refractivity contribution in [3.63, 3.8) is 0 Å². The van der Waals surface area contributed by atoms with Crippen LogP contribution in [-0.2, 0) is 0 Å². The molecule has 3 aromatic rings. The first-order valence-corrected chi connectivity index (χ1v) is 10.1.